The Hall–Kier alpha value is -2.66. The molecule has 0 aliphatic carbocycles. The summed E-state index contributed by atoms with van der Waals surface area (Å²) in [4.78, 5) is 19.4. The number of nitrogens with zero attached hydrogens (tertiary/aromatic N) is 2. The maximum absolute atomic E-state index is 12.5. The Morgan fingerprint density at radius 3 is 2.84 bits per heavy atom. The molecule has 1 amide bonds. The Morgan fingerprint density at radius 2 is 2.00 bits per heavy atom. The molecule has 3 heterocycles. The molecule has 5 heteroatoms. The molecular formula is C20H21N3O2. The Bertz CT molecular complexity index is 910. The summed E-state index contributed by atoms with van der Waals surface area (Å²) >= 11 is 0. The minimum Gasteiger partial charge on any atom is -0.455 e. The molecule has 1 N–H and O–H groups in total. The fraction of sp³-hybridized carbons (Fsp3) is 0.300. The van der Waals surface area contributed by atoms with Gasteiger partial charge in [0, 0.05) is 11.1 Å². The minimum atomic E-state index is -0.235. The SMILES string of the molecule is Cc1ccc2c(NC(=O)c3ccc(CN4CCCC4)o3)cccc2n1. The second-order valence-corrected chi connectivity index (χ2v) is 6.53. The number of nitrogens with one attached hydrogen (secondary N) is 1. The molecule has 1 aliphatic heterocycles. The van der Waals surface area contributed by atoms with Crippen molar-refractivity contribution in [1.82, 2.24) is 9.88 Å². The summed E-state index contributed by atoms with van der Waals surface area (Å²) in [6, 6.07) is 13.3. The van der Waals surface area contributed by atoms with Gasteiger partial charge in [0.25, 0.3) is 5.91 Å². The molecular weight excluding hydrogens is 314 g/mol. The van der Waals surface area contributed by atoms with E-state index in [-0.39, 0.29) is 5.91 Å². The summed E-state index contributed by atoms with van der Waals surface area (Å²) < 4.78 is 5.74. The van der Waals surface area contributed by atoms with Gasteiger partial charge in [-0.05, 0) is 69.3 Å². The molecule has 0 saturated carbocycles. The number of carbonyl (C=O) groups excluding carboxylic acids is 1. The number of pyridine rings is 1. The zero-order chi connectivity index (χ0) is 17.2. The van der Waals surface area contributed by atoms with Crippen LogP contribution in [0.25, 0.3) is 10.9 Å². The minimum absolute atomic E-state index is 0.235. The maximum Gasteiger partial charge on any atom is 0.291 e. The lowest BCUT2D eigenvalue weighted by Gasteiger charge is -2.11. The largest absolute Gasteiger partial charge is 0.455 e. The number of rotatable bonds is 4. The molecule has 0 atom stereocenters. The normalized spacial score (nSPS) is 14.9. The van der Waals surface area contributed by atoms with E-state index >= 15 is 0 Å². The highest BCUT2D eigenvalue weighted by Gasteiger charge is 2.16. The van der Waals surface area contributed by atoms with Gasteiger partial charge in [-0.2, -0.15) is 0 Å². The van der Waals surface area contributed by atoms with Gasteiger partial charge in [0.2, 0.25) is 0 Å². The fourth-order valence-electron chi connectivity index (χ4n) is 3.30. The summed E-state index contributed by atoms with van der Waals surface area (Å²) in [6.07, 6.45) is 2.48. The van der Waals surface area contributed by atoms with E-state index in [1.54, 1.807) is 6.07 Å². The third-order valence-electron chi connectivity index (χ3n) is 4.58. The van der Waals surface area contributed by atoms with Gasteiger partial charge in [0.15, 0.2) is 5.76 Å². The molecule has 3 aromatic rings. The lowest BCUT2D eigenvalue weighted by atomic mass is 10.1. The van der Waals surface area contributed by atoms with E-state index in [9.17, 15) is 4.79 Å². The van der Waals surface area contributed by atoms with Crippen LogP contribution in [0.2, 0.25) is 0 Å². The van der Waals surface area contributed by atoms with Crippen LogP contribution >= 0.6 is 0 Å². The zero-order valence-corrected chi connectivity index (χ0v) is 14.3. The number of benzene rings is 1. The molecule has 0 unspecified atom stereocenters. The molecule has 1 fully saturated rings. The van der Waals surface area contributed by atoms with Gasteiger partial charge in [-0.15, -0.1) is 0 Å². The van der Waals surface area contributed by atoms with Crippen LogP contribution in [0.15, 0.2) is 46.9 Å². The molecule has 0 spiro atoms. The van der Waals surface area contributed by atoms with Gasteiger partial charge in [0.1, 0.15) is 5.76 Å². The first-order chi connectivity index (χ1) is 12.2. The summed E-state index contributed by atoms with van der Waals surface area (Å²) in [5.41, 5.74) is 2.56. The highest BCUT2D eigenvalue weighted by atomic mass is 16.4. The van der Waals surface area contributed by atoms with Crippen molar-refractivity contribution in [3.8, 4) is 0 Å². The number of hydrogen-bond donors (Lipinski definition) is 1. The van der Waals surface area contributed by atoms with E-state index in [0.717, 1.165) is 47.7 Å². The zero-order valence-electron chi connectivity index (χ0n) is 14.3. The summed E-state index contributed by atoms with van der Waals surface area (Å²) in [5, 5.41) is 3.86. The van der Waals surface area contributed by atoms with Crippen molar-refractivity contribution >= 4 is 22.5 Å². The van der Waals surface area contributed by atoms with Crippen molar-refractivity contribution < 1.29 is 9.21 Å². The second-order valence-electron chi connectivity index (χ2n) is 6.53. The Labute approximate surface area is 146 Å². The number of anilines is 1. The third kappa shape index (κ3) is 3.42. The molecule has 0 radical (unpaired) electrons. The molecule has 5 nitrogen and oxygen atoms in total. The average Bonchev–Trinajstić information content (AvgIpc) is 3.27. The van der Waals surface area contributed by atoms with Crippen LogP contribution < -0.4 is 5.32 Å². The van der Waals surface area contributed by atoms with E-state index in [2.05, 4.69) is 15.2 Å². The molecule has 128 valence electrons. The van der Waals surface area contributed by atoms with Crippen molar-refractivity contribution in [1.29, 1.82) is 0 Å². The molecule has 1 aromatic carbocycles. The van der Waals surface area contributed by atoms with E-state index in [1.165, 1.54) is 12.8 Å². The van der Waals surface area contributed by atoms with E-state index in [1.807, 2.05) is 43.3 Å². The average molecular weight is 335 g/mol. The highest BCUT2D eigenvalue weighted by molar-refractivity contribution is 6.07. The molecule has 25 heavy (non-hydrogen) atoms. The van der Waals surface area contributed by atoms with Crippen LogP contribution in [-0.4, -0.2) is 28.9 Å². The molecule has 1 aliphatic rings. The molecule has 0 bridgehead atoms. The second kappa shape index (κ2) is 6.69. The number of aryl methyl sites for hydroxylation is 1. The fourth-order valence-corrected chi connectivity index (χ4v) is 3.30. The third-order valence-corrected chi connectivity index (χ3v) is 4.58. The van der Waals surface area contributed by atoms with E-state index < -0.39 is 0 Å². The highest BCUT2D eigenvalue weighted by Crippen LogP contribution is 2.23. The van der Waals surface area contributed by atoms with E-state index in [0.29, 0.717) is 5.76 Å². The number of carbonyl (C=O) groups is 1. The Kier molecular flexibility index (Phi) is 4.24. The van der Waals surface area contributed by atoms with Crippen molar-refractivity contribution in [2.24, 2.45) is 0 Å². The van der Waals surface area contributed by atoms with Crippen LogP contribution in [-0.2, 0) is 6.54 Å². The van der Waals surface area contributed by atoms with Gasteiger partial charge in [-0.25, -0.2) is 0 Å². The topological polar surface area (TPSA) is 58.4 Å². The van der Waals surface area contributed by atoms with Gasteiger partial charge < -0.3 is 9.73 Å². The molecule has 1 saturated heterocycles. The van der Waals surface area contributed by atoms with Crippen LogP contribution in [0.5, 0.6) is 0 Å². The number of aromatic nitrogens is 1. The van der Waals surface area contributed by atoms with Crippen LogP contribution in [0, 0.1) is 6.92 Å². The number of amides is 1. The summed E-state index contributed by atoms with van der Waals surface area (Å²) in [6.45, 7) is 4.93. The van der Waals surface area contributed by atoms with Crippen molar-refractivity contribution in [2.45, 2.75) is 26.3 Å². The quantitative estimate of drug-likeness (QED) is 0.783. The molecule has 4 rings (SSSR count). The van der Waals surface area contributed by atoms with E-state index in [4.69, 9.17) is 4.42 Å². The first kappa shape index (κ1) is 15.8. The predicted molar refractivity (Wildman–Crippen MR) is 97.7 cm³/mol. The van der Waals surface area contributed by atoms with Gasteiger partial charge in [-0.3, -0.25) is 14.7 Å². The number of fused-ring (bicyclic) bond motifs is 1. The predicted octanol–water partition coefficient (Wildman–Crippen LogP) is 3.98. The monoisotopic (exact) mass is 335 g/mol. The lowest BCUT2D eigenvalue weighted by Crippen LogP contribution is -2.18. The lowest BCUT2D eigenvalue weighted by molar-refractivity contribution is 0.0993. The van der Waals surface area contributed by atoms with Gasteiger partial charge in [-0.1, -0.05) is 6.07 Å². The number of hydrogen-bond acceptors (Lipinski definition) is 4. The summed E-state index contributed by atoms with van der Waals surface area (Å²) in [7, 11) is 0. The van der Waals surface area contributed by atoms with Crippen LogP contribution in [0.1, 0.15) is 34.9 Å². The molecule has 2 aromatic heterocycles. The smallest absolute Gasteiger partial charge is 0.291 e. The maximum atomic E-state index is 12.5. The van der Waals surface area contributed by atoms with Crippen LogP contribution in [0.3, 0.4) is 0 Å². The first-order valence-corrected chi connectivity index (χ1v) is 8.68. The van der Waals surface area contributed by atoms with Gasteiger partial charge >= 0.3 is 0 Å². The Balaban J connectivity index is 1.51. The van der Waals surface area contributed by atoms with Crippen molar-refractivity contribution in [2.75, 3.05) is 18.4 Å². The van der Waals surface area contributed by atoms with Crippen molar-refractivity contribution in [3.05, 3.63) is 59.7 Å². The standard InChI is InChI=1S/C20H21N3O2/c1-14-7-9-16-17(21-14)5-4-6-18(16)22-20(24)19-10-8-15(25-19)13-23-11-2-3-12-23/h4-10H,2-3,11-13H2,1H3,(H,22,24). The number of likely N-dealkylation sites (tertiary alicyclic amines) is 1. The van der Waals surface area contributed by atoms with Crippen molar-refractivity contribution in [3.63, 3.8) is 0 Å². The number of furan rings is 1. The first-order valence-electron chi connectivity index (χ1n) is 8.68. The van der Waals surface area contributed by atoms with Crippen LogP contribution in [0.4, 0.5) is 5.69 Å². The Morgan fingerprint density at radius 1 is 1.16 bits per heavy atom. The van der Waals surface area contributed by atoms with Gasteiger partial charge in [0.05, 0.1) is 17.7 Å². The summed E-state index contributed by atoms with van der Waals surface area (Å²) in [5.74, 6) is 0.939.